The Morgan fingerprint density at radius 2 is 1.67 bits per heavy atom. The van der Waals surface area contributed by atoms with Crippen LogP contribution in [0.5, 0.6) is 0 Å². The molecule has 0 radical (unpaired) electrons. The third-order valence-electron chi connectivity index (χ3n) is 3.96. The van der Waals surface area contributed by atoms with E-state index in [1.807, 2.05) is 43.9 Å². The number of rotatable bonds is 5. The van der Waals surface area contributed by atoms with Gasteiger partial charge in [0.2, 0.25) is 5.91 Å². The van der Waals surface area contributed by atoms with Crippen LogP contribution in [-0.2, 0) is 4.79 Å². The van der Waals surface area contributed by atoms with Gasteiger partial charge in [0.25, 0.3) is 5.91 Å². The first-order valence-corrected chi connectivity index (χ1v) is 9.88. The molecule has 152 valence electrons. The van der Waals surface area contributed by atoms with Crippen molar-refractivity contribution in [3.63, 3.8) is 0 Å². The first kappa shape index (κ1) is 23.2. The van der Waals surface area contributed by atoms with Crippen LogP contribution in [0.15, 0.2) is 30.3 Å². The van der Waals surface area contributed by atoms with Crippen LogP contribution in [0.2, 0.25) is 0 Å². The zero-order chi connectivity index (χ0) is 20.5. The van der Waals surface area contributed by atoms with Crippen molar-refractivity contribution in [3.05, 3.63) is 35.9 Å². The van der Waals surface area contributed by atoms with Gasteiger partial charge >= 0.3 is 0 Å². The second kappa shape index (κ2) is 10.5. The Morgan fingerprint density at radius 3 is 2.15 bits per heavy atom. The molecule has 0 spiro atoms. The monoisotopic (exact) mass is 375 g/mol. The topological polar surface area (TPSA) is 61.4 Å². The molecule has 1 aliphatic heterocycles. The van der Waals surface area contributed by atoms with Crippen LogP contribution < -0.4 is 10.6 Å². The largest absolute Gasteiger partial charge is 0.347 e. The van der Waals surface area contributed by atoms with Crippen LogP contribution in [-0.4, -0.2) is 47.4 Å². The molecule has 0 bridgehead atoms. The number of hydrogen-bond donors (Lipinski definition) is 2. The molecule has 2 amide bonds. The smallest absolute Gasteiger partial charge is 0.251 e. The molecule has 0 saturated carbocycles. The molecular weight excluding hydrogens is 338 g/mol. The van der Waals surface area contributed by atoms with Crippen LogP contribution in [0, 0.1) is 0 Å². The summed E-state index contributed by atoms with van der Waals surface area (Å²) < 4.78 is 0. The minimum atomic E-state index is -0.174. The van der Waals surface area contributed by atoms with Gasteiger partial charge in [-0.2, -0.15) is 0 Å². The summed E-state index contributed by atoms with van der Waals surface area (Å²) in [7, 11) is 0. The number of carbonyl (C=O) groups excluding carboxylic acids is 2. The maximum Gasteiger partial charge on any atom is 0.251 e. The molecule has 0 aromatic heterocycles. The van der Waals surface area contributed by atoms with Gasteiger partial charge in [-0.25, -0.2) is 0 Å². The zero-order valence-electron chi connectivity index (χ0n) is 17.9. The Kier molecular flexibility index (Phi) is 8.97. The number of carbonyl (C=O) groups is 2. The van der Waals surface area contributed by atoms with E-state index < -0.39 is 0 Å². The Morgan fingerprint density at radius 1 is 1.04 bits per heavy atom. The van der Waals surface area contributed by atoms with E-state index >= 15 is 0 Å². The van der Waals surface area contributed by atoms with Crippen LogP contribution in [0.4, 0.5) is 0 Å². The van der Waals surface area contributed by atoms with Gasteiger partial charge in [-0.05, 0) is 73.1 Å². The Bertz CT molecular complexity index is 586. The summed E-state index contributed by atoms with van der Waals surface area (Å²) in [6.45, 7) is 15.3. The van der Waals surface area contributed by atoms with E-state index in [0.29, 0.717) is 11.5 Å². The van der Waals surface area contributed by atoms with E-state index in [-0.39, 0.29) is 17.0 Å². The molecule has 1 saturated heterocycles. The van der Waals surface area contributed by atoms with Crippen LogP contribution >= 0.6 is 0 Å². The van der Waals surface area contributed by atoms with Crippen molar-refractivity contribution in [1.82, 2.24) is 15.5 Å². The second-order valence-electron chi connectivity index (χ2n) is 9.08. The summed E-state index contributed by atoms with van der Waals surface area (Å²) >= 11 is 0. The maximum atomic E-state index is 11.5. The highest BCUT2D eigenvalue weighted by Crippen LogP contribution is 2.09. The van der Waals surface area contributed by atoms with Crippen molar-refractivity contribution >= 4 is 11.8 Å². The zero-order valence-corrected chi connectivity index (χ0v) is 17.9. The fourth-order valence-electron chi connectivity index (χ4n) is 2.68. The van der Waals surface area contributed by atoms with Crippen LogP contribution in [0.3, 0.4) is 0 Å². The lowest BCUT2D eigenvalue weighted by atomic mass is 10.1. The quantitative estimate of drug-likeness (QED) is 0.773. The molecule has 1 aromatic carbocycles. The van der Waals surface area contributed by atoms with Gasteiger partial charge in [0.05, 0.1) is 0 Å². The van der Waals surface area contributed by atoms with Crippen molar-refractivity contribution in [2.45, 2.75) is 71.9 Å². The summed E-state index contributed by atoms with van der Waals surface area (Å²) in [6.07, 6.45) is 2.86. The lowest BCUT2D eigenvalue weighted by Gasteiger charge is -2.22. The lowest BCUT2D eigenvalue weighted by molar-refractivity contribution is -0.127. The highest BCUT2D eigenvalue weighted by atomic mass is 16.2. The molecule has 2 rings (SSSR count). The molecule has 0 unspecified atom stereocenters. The molecule has 1 heterocycles. The number of hydrogen-bond acceptors (Lipinski definition) is 3. The normalized spacial score (nSPS) is 14.6. The van der Waals surface area contributed by atoms with Crippen molar-refractivity contribution in [2.24, 2.45) is 0 Å². The van der Waals surface area contributed by atoms with Gasteiger partial charge in [0, 0.05) is 36.2 Å². The Balaban J connectivity index is 0.000000271. The summed E-state index contributed by atoms with van der Waals surface area (Å²) in [5.74, 6) is 0.314. The molecule has 27 heavy (non-hydrogen) atoms. The van der Waals surface area contributed by atoms with Crippen molar-refractivity contribution in [2.75, 3.05) is 19.6 Å². The first-order valence-electron chi connectivity index (χ1n) is 9.88. The SMILES string of the molecule is CC(C)(C)NC(=O)c1ccccc1.CC(C)(C)NCCCN1CCCC1=O. The minimum absolute atomic E-state index is 0.0203. The maximum absolute atomic E-state index is 11.5. The van der Waals surface area contributed by atoms with Gasteiger partial charge in [-0.1, -0.05) is 18.2 Å². The predicted molar refractivity (Wildman–Crippen MR) is 112 cm³/mol. The van der Waals surface area contributed by atoms with Gasteiger partial charge in [-0.3, -0.25) is 9.59 Å². The summed E-state index contributed by atoms with van der Waals surface area (Å²) in [4.78, 5) is 24.8. The number of benzene rings is 1. The average molecular weight is 376 g/mol. The highest BCUT2D eigenvalue weighted by molar-refractivity contribution is 5.94. The van der Waals surface area contributed by atoms with Crippen molar-refractivity contribution in [3.8, 4) is 0 Å². The number of likely N-dealkylation sites (tertiary alicyclic amines) is 1. The Labute approximate surface area is 164 Å². The molecule has 1 aromatic rings. The fraction of sp³-hybridized carbons (Fsp3) is 0.636. The van der Waals surface area contributed by atoms with E-state index in [4.69, 9.17) is 0 Å². The van der Waals surface area contributed by atoms with Crippen molar-refractivity contribution < 1.29 is 9.59 Å². The number of nitrogens with zero attached hydrogens (tertiary/aromatic N) is 1. The van der Waals surface area contributed by atoms with E-state index in [9.17, 15) is 9.59 Å². The fourth-order valence-corrected chi connectivity index (χ4v) is 2.68. The number of amides is 2. The molecule has 0 aliphatic carbocycles. The van der Waals surface area contributed by atoms with Gasteiger partial charge in [-0.15, -0.1) is 0 Å². The lowest BCUT2D eigenvalue weighted by Crippen LogP contribution is -2.40. The van der Waals surface area contributed by atoms with E-state index in [1.165, 1.54) is 0 Å². The van der Waals surface area contributed by atoms with E-state index in [1.54, 1.807) is 12.1 Å². The highest BCUT2D eigenvalue weighted by Gasteiger charge is 2.19. The summed E-state index contributed by atoms with van der Waals surface area (Å²) in [5.41, 5.74) is 0.722. The van der Waals surface area contributed by atoms with Gasteiger partial charge in [0.15, 0.2) is 0 Å². The molecular formula is C22H37N3O2. The Hall–Kier alpha value is -1.88. The first-order chi connectivity index (χ1) is 12.5. The number of nitrogens with one attached hydrogen (secondary N) is 2. The van der Waals surface area contributed by atoms with E-state index in [2.05, 4.69) is 31.4 Å². The van der Waals surface area contributed by atoms with Crippen molar-refractivity contribution in [1.29, 1.82) is 0 Å². The average Bonchev–Trinajstić information content (AvgIpc) is 2.96. The van der Waals surface area contributed by atoms with Crippen LogP contribution in [0.1, 0.15) is 71.2 Å². The molecule has 0 atom stereocenters. The molecule has 1 aliphatic rings. The molecule has 5 nitrogen and oxygen atoms in total. The second-order valence-corrected chi connectivity index (χ2v) is 9.08. The van der Waals surface area contributed by atoms with Gasteiger partial charge in [0.1, 0.15) is 0 Å². The summed E-state index contributed by atoms with van der Waals surface area (Å²) in [6, 6.07) is 9.23. The van der Waals surface area contributed by atoms with Gasteiger partial charge < -0.3 is 15.5 Å². The third-order valence-corrected chi connectivity index (χ3v) is 3.96. The molecule has 1 fully saturated rings. The summed E-state index contributed by atoms with van der Waals surface area (Å²) in [5, 5.41) is 6.32. The third kappa shape index (κ3) is 10.8. The van der Waals surface area contributed by atoms with E-state index in [0.717, 1.165) is 38.9 Å². The molecule has 5 heteroatoms. The van der Waals surface area contributed by atoms with Crippen LogP contribution in [0.25, 0.3) is 0 Å². The minimum Gasteiger partial charge on any atom is -0.347 e. The predicted octanol–water partition coefficient (Wildman–Crippen LogP) is 3.60. The molecule has 2 N–H and O–H groups in total. The standard InChI is InChI=1S/C11H22N2O.C11H15NO/c1-11(2,3)12-7-5-9-13-8-4-6-10(13)14;1-11(2,3)12-10(13)9-7-5-4-6-8-9/h12H,4-9H2,1-3H3;4-8H,1-3H3,(H,12,13).